The first-order valence-electron chi connectivity index (χ1n) is 8.12. The van der Waals surface area contributed by atoms with E-state index >= 15 is 0 Å². The van der Waals surface area contributed by atoms with Crippen molar-refractivity contribution in [1.82, 2.24) is 10.2 Å². The van der Waals surface area contributed by atoms with Crippen LogP contribution in [0.5, 0.6) is 0 Å². The van der Waals surface area contributed by atoms with Gasteiger partial charge in [-0.1, -0.05) is 18.3 Å². The molecular formula is C15H17F3N6O2S2. The quantitative estimate of drug-likeness (QED) is 0.716. The lowest BCUT2D eigenvalue weighted by Crippen LogP contribution is -2.30. The average Bonchev–Trinajstić information content (AvgIpc) is 3.09. The Balaban J connectivity index is 2.09. The highest BCUT2D eigenvalue weighted by Crippen LogP contribution is 2.45. The summed E-state index contributed by atoms with van der Waals surface area (Å²) in [5.41, 5.74) is -4.33. The number of nitrogens with zero attached hydrogens (tertiary/aromatic N) is 5. The van der Waals surface area contributed by atoms with E-state index in [0.29, 0.717) is 10.7 Å². The van der Waals surface area contributed by atoms with Gasteiger partial charge in [0, 0.05) is 24.7 Å². The van der Waals surface area contributed by atoms with Crippen molar-refractivity contribution in [2.24, 2.45) is 10.2 Å². The number of fused-ring (bicyclic) bond motifs is 1. The molecule has 0 saturated carbocycles. The Hall–Kier alpha value is -2.28. The number of aryl methyl sites for hydroxylation is 1. The van der Waals surface area contributed by atoms with Crippen LogP contribution >= 0.6 is 11.3 Å². The smallest absolute Gasteiger partial charge is 0.371 e. The minimum atomic E-state index is -5.61. The third-order valence-electron chi connectivity index (χ3n) is 4.66. The summed E-state index contributed by atoms with van der Waals surface area (Å²) in [6.07, 6.45) is 0. The van der Waals surface area contributed by atoms with Crippen LogP contribution in [0, 0.1) is 6.92 Å². The molecule has 0 aliphatic carbocycles. The molecule has 1 aliphatic heterocycles. The fraction of sp³-hybridized carbons (Fsp3) is 0.467. The first kappa shape index (κ1) is 20.5. The van der Waals surface area contributed by atoms with Gasteiger partial charge in [-0.05, 0) is 31.5 Å². The molecule has 13 heteroatoms. The highest BCUT2D eigenvalue weighted by molar-refractivity contribution is 7.93. The van der Waals surface area contributed by atoms with E-state index in [1.54, 1.807) is 24.8 Å². The largest absolute Gasteiger partial charge is 0.516 e. The zero-order valence-corrected chi connectivity index (χ0v) is 16.9. The Kier molecular flexibility index (Phi) is 5.08. The Morgan fingerprint density at radius 1 is 1.21 bits per heavy atom. The topological polar surface area (TPSA) is 99.9 Å². The lowest BCUT2D eigenvalue weighted by atomic mass is 9.97. The maximum atomic E-state index is 12.8. The number of halogens is 3. The van der Waals surface area contributed by atoms with Crippen molar-refractivity contribution in [1.29, 1.82) is 0 Å². The lowest BCUT2D eigenvalue weighted by Gasteiger charge is -2.21. The van der Waals surface area contributed by atoms with E-state index in [9.17, 15) is 21.6 Å². The van der Waals surface area contributed by atoms with Crippen LogP contribution in [0.1, 0.15) is 30.3 Å². The van der Waals surface area contributed by atoms with E-state index in [1.807, 2.05) is 18.7 Å². The molecule has 2 aromatic rings. The SMILES string of the molecule is Cc1nnc(N=Nc2cc3c(cc2NS(=O)(=O)C(F)(F)F)N(C)C(C)C3C)s1. The van der Waals surface area contributed by atoms with Crippen LogP contribution in [0.4, 0.5) is 35.4 Å². The third kappa shape index (κ3) is 3.68. The monoisotopic (exact) mass is 434 g/mol. The Morgan fingerprint density at radius 3 is 2.46 bits per heavy atom. The van der Waals surface area contributed by atoms with Crippen LogP contribution in [0.3, 0.4) is 0 Å². The molecule has 2 heterocycles. The minimum Gasteiger partial charge on any atom is -0.371 e. The highest BCUT2D eigenvalue weighted by atomic mass is 32.2. The first-order valence-corrected chi connectivity index (χ1v) is 10.4. The fourth-order valence-corrected chi connectivity index (χ4v) is 3.95. The molecule has 2 unspecified atom stereocenters. The van der Waals surface area contributed by atoms with Crippen LogP contribution in [-0.2, 0) is 10.0 Å². The summed E-state index contributed by atoms with van der Waals surface area (Å²) in [5.74, 6) is 0.0750. The molecule has 0 spiro atoms. The van der Waals surface area contributed by atoms with Gasteiger partial charge in [-0.25, -0.2) is 0 Å². The summed E-state index contributed by atoms with van der Waals surface area (Å²) < 4.78 is 63.4. The van der Waals surface area contributed by atoms with Crippen LogP contribution in [-0.4, -0.2) is 37.2 Å². The second kappa shape index (κ2) is 6.95. The Labute approximate surface area is 163 Å². The van der Waals surface area contributed by atoms with E-state index in [-0.39, 0.29) is 28.5 Å². The van der Waals surface area contributed by atoms with Gasteiger partial charge >= 0.3 is 15.5 Å². The zero-order chi connectivity index (χ0) is 20.9. The van der Waals surface area contributed by atoms with Crippen molar-refractivity contribution in [3.05, 3.63) is 22.7 Å². The van der Waals surface area contributed by atoms with Crippen molar-refractivity contribution < 1.29 is 21.6 Å². The maximum Gasteiger partial charge on any atom is 0.516 e. The molecule has 1 aromatic carbocycles. The van der Waals surface area contributed by atoms with Crippen LogP contribution in [0.25, 0.3) is 0 Å². The fourth-order valence-electron chi connectivity index (χ4n) is 2.87. The molecule has 2 atom stereocenters. The first-order chi connectivity index (χ1) is 12.9. The zero-order valence-electron chi connectivity index (χ0n) is 15.3. The molecule has 0 radical (unpaired) electrons. The number of hydrogen-bond donors (Lipinski definition) is 1. The van der Waals surface area contributed by atoms with Gasteiger partial charge in [-0.15, -0.1) is 20.4 Å². The molecule has 0 bridgehead atoms. The van der Waals surface area contributed by atoms with Gasteiger partial charge in [-0.3, -0.25) is 4.72 Å². The number of nitrogens with one attached hydrogen (secondary N) is 1. The Bertz CT molecular complexity index is 1030. The molecule has 0 fully saturated rings. The number of hydrogen-bond acceptors (Lipinski definition) is 8. The molecule has 152 valence electrons. The van der Waals surface area contributed by atoms with Crippen molar-refractivity contribution in [3.63, 3.8) is 0 Å². The van der Waals surface area contributed by atoms with Gasteiger partial charge in [0.1, 0.15) is 10.7 Å². The van der Waals surface area contributed by atoms with Crippen molar-refractivity contribution >= 4 is 43.6 Å². The van der Waals surface area contributed by atoms with Gasteiger partial charge in [0.15, 0.2) is 0 Å². The number of benzene rings is 1. The van der Waals surface area contributed by atoms with Crippen LogP contribution < -0.4 is 9.62 Å². The molecule has 0 amide bonds. The number of rotatable bonds is 4. The van der Waals surface area contributed by atoms with E-state index in [0.717, 1.165) is 16.9 Å². The summed E-state index contributed by atoms with van der Waals surface area (Å²) in [7, 11) is -3.82. The number of alkyl halides is 3. The molecule has 8 nitrogen and oxygen atoms in total. The summed E-state index contributed by atoms with van der Waals surface area (Å²) in [6.45, 7) is 5.66. The molecule has 3 rings (SSSR count). The number of sulfonamides is 1. The Morgan fingerprint density at radius 2 is 1.89 bits per heavy atom. The molecular weight excluding hydrogens is 417 g/mol. The van der Waals surface area contributed by atoms with Gasteiger partial charge in [0.25, 0.3) is 5.13 Å². The number of aromatic nitrogens is 2. The second-order valence-electron chi connectivity index (χ2n) is 6.42. The van der Waals surface area contributed by atoms with Crippen molar-refractivity contribution in [3.8, 4) is 0 Å². The maximum absolute atomic E-state index is 12.8. The highest BCUT2D eigenvalue weighted by Gasteiger charge is 2.46. The standard InChI is InChI=1S/C15H17F3N6O2S2/c1-7-8(2)24(4)13-6-12(23-28(25,26)15(16,17)18)11(5-10(7)13)20-22-14-21-19-9(3)27-14/h5-8,23H,1-4H3. The second-order valence-corrected chi connectivity index (χ2v) is 9.26. The molecule has 0 saturated heterocycles. The third-order valence-corrected chi connectivity index (χ3v) is 6.48. The van der Waals surface area contributed by atoms with Crippen LogP contribution in [0.2, 0.25) is 0 Å². The van der Waals surface area contributed by atoms with Gasteiger partial charge in [-0.2, -0.15) is 21.6 Å². The lowest BCUT2D eigenvalue weighted by molar-refractivity contribution is -0.0429. The van der Waals surface area contributed by atoms with E-state index in [4.69, 9.17) is 0 Å². The van der Waals surface area contributed by atoms with Crippen molar-refractivity contribution in [2.45, 2.75) is 38.2 Å². The summed E-state index contributed by atoms with van der Waals surface area (Å²) >= 11 is 1.15. The van der Waals surface area contributed by atoms with E-state index in [2.05, 4.69) is 20.4 Å². The molecule has 1 aromatic heterocycles. The predicted octanol–water partition coefficient (Wildman–Crippen LogP) is 4.47. The summed E-state index contributed by atoms with van der Waals surface area (Å²) in [4.78, 5) is 1.88. The molecule has 1 aliphatic rings. The number of likely N-dealkylation sites (N-methyl/N-ethyl adjacent to an activating group) is 1. The van der Waals surface area contributed by atoms with Crippen LogP contribution in [0.15, 0.2) is 22.4 Å². The molecule has 28 heavy (non-hydrogen) atoms. The van der Waals surface area contributed by atoms with Gasteiger partial charge < -0.3 is 4.90 Å². The van der Waals surface area contributed by atoms with E-state index in [1.165, 1.54) is 6.07 Å². The van der Waals surface area contributed by atoms with Gasteiger partial charge in [0.05, 0.1) is 5.69 Å². The predicted molar refractivity (Wildman–Crippen MR) is 100 cm³/mol. The minimum absolute atomic E-state index is 0.0335. The summed E-state index contributed by atoms with van der Waals surface area (Å²) in [5, 5.41) is 16.2. The molecule has 1 N–H and O–H groups in total. The van der Waals surface area contributed by atoms with Crippen molar-refractivity contribution in [2.75, 3.05) is 16.7 Å². The van der Waals surface area contributed by atoms with E-state index < -0.39 is 15.5 Å². The normalized spacial score (nSPS) is 20.0. The number of anilines is 2. The number of azo groups is 1. The average molecular weight is 434 g/mol. The summed E-state index contributed by atoms with van der Waals surface area (Å²) in [6, 6.07) is 2.98. The van der Waals surface area contributed by atoms with Gasteiger partial charge in [0.2, 0.25) is 0 Å².